The van der Waals surface area contributed by atoms with Gasteiger partial charge in [0.2, 0.25) is 5.91 Å². The third kappa shape index (κ3) is 5.93. The first-order valence-electron chi connectivity index (χ1n) is 4.58. The van der Waals surface area contributed by atoms with Crippen LogP contribution in [-0.2, 0) is 4.79 Å². The van der Waals surface area contributed by atoms with E-state index in [1.165, 1.54) is 0 Å². The molecular weight excluding hydrogens is 184 g/mol. The van der Waals surface area contributed by atoms with Crippen molar-refractivity contribution in [2.75, 3.05) is 32.1 Å². The summed E-state index contributed by atoms with van der Waals surface area (Å²) in [7, 11) is 1.82. The molecule has 78 valence electrons. The second-order valence-electron chi connectivity index (χ2n) is 3.15. The summed E-state index contributed by atoms with van der Waals surface area (Å²) in [4.78, 5) is 13.1. The van der Waals surface area contributed by atoms with Gasteiger partial charge in [-0.05, 0) is 20.1 Å². The number of carbonyl (C=O) groups is 1. The third-order valence-electron chi connectivity index (χ3n) is 1.92. The molecule has 1 atom stereocenters. The van der Waals surface area contributed by atoms with Gasteiger partial charge in [-0.1, -0.05) is 0 Å². The van der Waals surface area contributed by atoms with Crippen molar-refractivity contribution in [3.05, 3.63) is 0 Å². The molecule has 0 aliphatic rings. The molecule has 3 nitrogen and oxygen atoms in total. The molecule has 1 unspecified atom stereocenters. The highest BCUT2D eigenvalue weighted by atomic mass is 32.2. The van der Waals surface area contributed by atoms with Gasteiger partial charge in [0.1, 0.15) is 0 Å². The summed E-state index contributed by atoms with van der Waals surface area (Å²) in [6.07, 6.45) is 2.07. The van der Waals surface area contributed by atoms with E-state index >= 15 is 0 Å². The van der Waals surface area contributed by atoms with Crippen molar-refractivity contribution in [1.82, 2.24) is 10.2 Å². The average molecular weight is 204 g/mol. The van der Waals surface area contributed by atoms with Gasteiger partial charge in [-0.15, -0.1) is 0 Å². The van der Waals surface area contributed by atoms with Gasteiger partial charge in [-0.3, -0.25) is 4.79 Å². The molecule has 0 fully saturated rings. The summed E-state index contributed by atoms with van der Waals surface area (Å²) in [6, 6.07) is 0.407. The molecule has 4 heteroatoms. The van der Waals surface area contributed by atoms with Crippen LogP contribution in [0.4, 0.5) is 0 Å². The Kier molecular flexibility index (Phi) is 7.09. The molecule has 0 spiro atoms. The third-order valence-corrected chi connectivity index (χ3v) is 2.75. The number of likely N-dealkylation sites (N-methyl/N-ethyl adjacent to an activating group) is 1. The summed E-state index contributed by atoms with van der Waals surface area (Å²) < 4.78 is 0. The Morgan fingerprint density at radius 2 is 2.23 bits per heavy atom. The van der Waals surface area contributed by atoms with Crippen LogP contribution in [0.5, 0.6) is 0 Å². The highest BCUT2D eigenvalue weighted by molar-refractivity contribution is 7.98. The predicted molar refractivity (Wildman–Crippen MR) is 59.2 cm³/mol. The first-order chi connectivity index (χ1) is 6.11. The van der Waals surface area contributed by atoms with Crippen molar-refractivity contribution in [1.29, 1.82) is 0 Å². The van der Waals surface area contributed by atoms with Gasteiger partial charge in [0.05, 0.1) is 6.54 Å². The van der Waals surface area contributed by atoms with Gasteiger partial charge in [0.25, 0.3) is 0 Å². The molecule has 1 N–H and O–H groups in total. The molecule has 0 aromatic heterocycles. The van der Waals surface area contributed by atoms with Gasteiger partial charge in [0.15, 0.2) is 0 Å². The zero-order chi connectivity index (χ0) is 10.3. The van der Waals surface area contributed by atoms with Gasteiger partial charge >= 0.3 is 0 Å². The molecule has 1 amide bonds. The molecule has 0 aromatic carbocycles. The van der Waals surface area contributed by atoms with E-state index in [2.05, 4.69) is 18.5 Å². The van der Waals surface area contributed by atoms with Crippen LogP contribution in [0.1, 0.15) is 13.8 Å². The first-order valence-corrected chi connectivity index (χ1v) is 5.97. The summed E-state index contributed by atoms with van der Waals surface area (Å²) in [5.74, 6) is 1.21. The van der Waals surface area contributed by atoms with Crippen LogP contribution in [0, 0.1) is 0 Å². The van der Waals surface area contributed by atoms with E-state index < -0.39 is 0 Å². The topological polar surface area (TPSA) is 32.3 Å². The molecule has 0 aliphatic heterocycles. The van der Waals surface area contributed by atoms with Crippen LogP contribution in [-0.4, -0.2) is 49.0 Å². The number of nitrogens with zero attached hydrogens (tertiary/aromatic N) is 1. The van der Waals surface area contributed by atoms with E-state index in [4.69, 9.17) is 0 Å². The number of carbonyl (C=O) groups excluding carboxylic acids is 1. The molecule has 0 aromatic rings. The molecule has 0 rings (SSSR count). The lowest BCUT2D eigenvalue weighted by Gasteiger charge is -2.17. The van der Waals surface area contributed by atoms with Crippen LogP contribution in [0.3, 0.4) is 0 Å². The van der Waals surface area contributed by atoms with E-state index in [0.29, 0.717) is 12.6 Å². The number of amides is 1. The molecule has 13 heavy (non-hydrogen) atoms. The van der Waals surface area contributed by atoms with Crippen LogP contribution < -0.4 is 5.32 Å². The Hall–Kier alpha value is -0.220. The fourth-order valence-corrected chi connectivity index (χ4v) is 1.50. The fraction of sp³-hybridized carbons (Fsp3) is 0.889. The van der Waals surface area contributed by atoms with E-state index in [1.54, 1.807) is 16.7 Å². The van der Waals surface area contributed by atoms with Crippen molar-refractivity contribution in [2.45, 2.75) is 19.9 Å². The Morgan fingerprint density at radius 3 is 2.69 bits per heavy atom. The first kappa shape index (κ1) is 12.8. The zero-order valence-corrected chi connectivity index (χ0v) is 9.78. The maximum atomic E-state index is 11.3. The minimum absolute atomic E-state index is 0.162. The highest BCUT2D eigenvalue weighted by Crippen LogP contribution is 1.95. The number of nitrogens with one attached hydrogen (secondary N) is 1. The lowest BCUT2D eigenvalue weighted by atomic mass is 10.4. The van der Waals surface area contributed by atoms with Gasteiger partial charge in [-0.2, -0.15) is 11.8 Å². The smallest absolute Gasteiger partial charge is 0.236 e. The SMILES string of the molecule is CCN(C)C(=O)CNC(C)CSC. The summed E-state index contributed by atoms with van der Waals surface area (Å²) in [5.41, 5.74) is 0. The average Bonchev–Trinajstić information content (AvgIpc) is 2.13. The lowest BCUT2D eigenvalue weighted by molar-refractivity contribution is -0.128. The Labute approximate surface area is 85.3 Å². The van der Waals surface area contributed by atoms with Gasteiger partial charge in [0, 0.05) is 25.4 Å². The summed E-state index contributed by atoms with van der Waals surface area (Å²) >= 11 is 1.79. The molecular formula is C9H20N2OS. The van der Waals surface area contributed by atoms with Crippen molar-refractivity contribution in [3.63, 3.8) is 0 Å². The molecule has 0 heterocycles. The second-order valence-corrected chi connectivity index (χ2v) is 4.06. The van der Waals surface area contributed by atoms with Crippen molar-refractivity contribution in [2.24, 2.45) is 0 Å². The van der Waals surface area contributed by atoms with Gasteiger partial charge in [-0.25, -0.2) is 0 Å². The minimum Gasteiger partial charge on any atom is -0.345 e. The largest absolute Gasteiger partial charge is 0.345 e. The standard InChI is InChI=1S/C9H20N2OS/c1-5-11(3)9(12)6-10-8(2)7-13-4/h8,10H,5-7H2,1-4H3. The molecule has 0 saturated heterocycles. The van der Waals surface area contributed by atoms with Crippen molar-refractivity contribution < 1.29 is 4.79 Å². The molecule has 0 saturated carbocycles. The van der Waals surface area contributed by atoms with Crippen molar-refractivity contribution in [3.8, 4) is 0 Å². The predicted octanol–water partition coefficient (Wildman–Crippen LogP) is 0.806. The minimum atomic E-state index is 0.162. The maximum absolute atomic E-state index is 11.3. The summed E-state index contributed by atoms with van der Waals surface area (Å²) in [6.45, 7) is 5.29. The number of rotatable bonds is 6. The quantitative estimate of drug-likeness (QED) is 0.695. The number of hydrogen-bond donors (Lipinski definition) is 1. The Morgan fingerprint density at radius 1 is 1.62 bits per heavy atom. The zero-order valence-electron chi connectivity index (χ0n) is 8.96. The van der Waals surface area contributed by atoms with Crippen molar-refractivity contribution >= 4 is 17.7 Å². The number of thioether (sulfide) groups is 1. The van der Waals surface area contributed by atoms with Gasteiger partial charge < -0.3 is 10.2 Å². The van der Waals surface area contributed by atoms with E-state index in [-0.39, 0.29) is 5.91 Å². The molecule has 0 aliphatic carbocycles. The normalized spacial score (nSPS) is 12.6. The van der Waals surface area contributed by atoms with E-state index in [0.717, 1.165) is 12.3 Å². The van der Waals surface area contributed by atoms with Crippen LogP contribution in [0.2, 0.25) is 0 Å². The monoisotopic (exact) mass is 204 g/mol. The fourth-order valence-electron chi connectivity index (χ4n) is 0.882. The Balaban J connectivity index is 3.57. The maximum Gasteiger partial charge on any atom is 0.236 e. The summed E-state index contributed by atoms with van der Waals surface area (Å²) in [5, 5.41) is 3.19. The second kappa shape index (κ2) is 7.21. The molecule has 0 bridgehead atoms. The number of hydrogen-bond acceptors (Lipinski definition) is 3. The van der Waals surface area contributed by atoms with Crippen LogP contribution in [0.15, 0.2) is 0 Å². The van der Waals surface area contributed by atoms with Crippen LogP contribution >= 0.6 is 11.8 Å². The van der Waals surface area contributed by atoms with E-state index in [1.807, 2.05) is 14.0 Å². The van der Waals surface area contributed by atoms with E-state index in [9.17, 15) is 4.79 Å². The molecule has 0 radical (unpaired) electrons. The van der Waals surface area contributed by atoms with Crippen LogP contribution in [0.25, 0.3) is 0 Å². The highest BCUT2D eigenvalue weighted by Gasteiger charge is 2.07. The lowest BCUT2D eigenvalue weighted by Crippen LogP contribution is -2.39. The Bertz CT molecular complexity index is 153.